The summed E-state index contributed by atoms with van der Waals surface area (Å²) >= 11 is 0. The Balaban J connectivity index is 4.04. The van der Waals surface area contributed by atoms with E-state index in [1.807, 2.05) is 0 Å². The molecule has 0 radical (unpaired) electrons. The van der Waals surface area contributed by atoms with E-state index in [0.717, 1.165) is 6.61 Å². The zero-order valence-corrected chi connectivity index (χ0v) is 14.5. The van der Waals surface area contributed by atoms with E-state index in [4.69, 9.17) is 4.43 Å². The van der Waals surface area contributed by atoms with Crippen molar-refractivity contribution in [3.63, 3.8) is 0 Å². The summed E-state index contributed by atoms with van der Waals surface area (Å²) in [5, 5.41) is 0.306. The van der Waals surface area contributed by atoms with Crippen molar-refractivity contribution in [2.75, 3.05) is 6.61 Å². The molecule has 0 bridgehead atoms. The average molecular weight is 271 g/mol. The summed E-state index contributed by atoms with van der Waals surface area (Å²) in [7, 11) is -1.59. The van der Waals surface area contributed by atoms with E-state index in [0.29, 0.717) is 11.0 Å². The number of hydrogen-bond donors (Lipinski definition) is 0. The SMILES string of the molecule is C=C[C@H](CCCCCC)CO[Si](C)(C)C(C)(C)C. The first-order chi connectivity index (χ1) is 8.24. The first-order valence-corrected chi connectivity index (χ1v) is 10.4. The van der Waals surface area contributed by atoms with Crippen LogP contribution in [0.25, 0.3) is 0 Å². The average Bonchev–Trinajstić information content (AvgIpc) is 2.26. The minimum atomic E-state index is -1.59. The van der Waals surface area contributed by atoms with E-state index in [2.05, 4.69) is 53.4 Å². The van der Waals surface area contributed by atoms with E-state index in [9.17, 15) is 0 Å². The monoisotopic (exact) mass is 270 g/mol. The van der Waals surface area contributed by atoms with Gasteiger partial charge in [-0.1, -0.05) is 59.5 Å². The number of unbranched alkanes of at least 4 members (excludes halogenated alkanes) is 3. The van der Waals surface area contributed by atoms with Crippen LogP contribution >= 0.6 is 0 Å². The van der Waals surface area contributed by atoms with Crippen LogP contribution in [-0.2, 0) is 4.43 Å². The zero-order chi connectivity index (χ0) is 14.2. The van der Waals surface area contributed by atoms with E-state index < -0.39 is 8.32 Å². The van der Waals surface area contributed by atoms with Gasteiger partial charge in [0.25, 0.3) is 0 Å². The fourth-order valence-corrected chi connectivity index (χ4v) is 2.70. The van der Waals surface area contributed by atoms with Crippen LogP contribution in [0.1, 0.15) is 59.8 Å². The first kappa shape index (κ1) is 17.9. The Hall–Kier alpha value is -0.0831. The van der Waals surface area contributed by atoms with Crippen LogP contribution < -0.4 is 0 Å². The molecule has 2 heteroatoms. The lowest BCUT2D eigenvalue weighted by Gasteiger charge is -2.37. The molecule has 0 aliphatic heterocycles. The molecular weight excluding hydrogens is 236 g/mol. The maximum Gasteiger partial charge on any atom is 0.192 e. The van der Waals surface area contributed by atoms with Gasteiger partial charge < -0.3 is 4.43 Å². The molecule has 0 aromatic heterocycles. The smallest absolute Gasteiger partial charge is 0.192 e. The Morgan fingerprint density at radius 1 is 1.17 bits per heavy atom. The predicted molar refractivity (Wildman–Crippen MR) is 85.6 cm³/mol. The molecule has 0 heterocycles. The van der Waals surface area contributed by atoms with Gasteiger partial charge in [-0.15, -0.1) is 6.58 Å². The number of rotatable bonds is 9. The van der Waals surface area contributed by atoms with Crippen LogP contribution in [0, 0.1) is 5.92 Å². The highest BCUT2D eigenvalue weighted by Gasteiger charge is 2.37. The fraction of sp³-hybridized carbons (Fsp3) is 0.875. The molecule has 0 aromatic rings. The van der Waals surface area contributed by atoms with Crippen LogP contribution in [0.3, 0.4) is 0 Å². The van der Waals surface area contributed by atoms with Gasteiger partial charge in [0.1, 0.15) is 0 Å². The Morgan fingerprint density at radius 3 is 2.22 bits per heavy atom. The molecule has 1 atom stereocenters. The standard InChI is InChI=1S/C16H34OSi/c1-8-10-11-12-13-15(9-2)14-17-18(6,7)16(3,4)5/h9,15H,2,8,10-14H2,1,3-7H3/t15-/m1/s1. The number of hydrogen-bond acceptors (Lipinski definition) is 1. The third kappa shape index (κ3) is 6.74. The van der Waals surface area contributed by atoms with E-state index in [-0.39, 0.29) is 0 Å². The Labute approximate surface area is 116 Å². The van der Waals surface area contributed by atoms with Gasteiger partial charge >= 0.3 is 0 Å². The molecular formula is C16H34OSi. The molecule has 0 saturated carbocycles. The summed E-state index contributed by atoms with van der Waals surface area (Å²) in [4.78, 5) is 0. The molecule has 0 N–H and O–H groups in total. The van der Waals surface area contributed by atoms with Crippen molar-refractivity contribution in [1.29, 1.82) is 0 Å². The Kier molecular flexibility index (Phi) is 8.12. The highest BCUT2D eigenvalue weighted by Crippen LogP contribution is 2.37. The highest BCUT2D eigenvalue weighted by atomic mass is 28.4. The summed E-state index contributed by atoms with van der Waals surface area (Å²) in [5.41, 5.74) is 0. The van der Waals surface area contributed by atoms with E-state index >= 15 is 0 Å². The molecule has 18 heavy (non-hydrogen) atoms. The van der Waals surface area contributed by atoms with Crippen LogP contribution in [0.4, 0.5) is 0 Å². The van der Waals surface area contributed by atoms with Crippen LogP contribution in [0.5, 0.6) is 0 Å². The van der Waals surface area contributed by atoms with Gasteiger partial charge in [0.15, 0.2) is 8.32 Å². The molecule has 0 aliphatic carbocycles. The quantitative estimate of drug-likeness (QED) is 0.293. The van der Waals surface area contributed by atoms with Crippen LogP contribution in [-0.4, -0.2) is 14.9 Å². The normalized spacial score (nSPS) is 14.6. The second kappa shape index (κ2) is 8.16. The zero-order valence-electron chi connectivity index (χ0n) is 13.5. The Morgan fingerprint density at radius 2 is 1.78 bits per heavy atom. The predicted octanol–water partition coefficient (Wildman–Crippen LogP) is 5.78. The second-order valence-corrected chi connectivity index (χ2v) is 11.7. The third-order valence-electron chi connectivity index (χ3n) is 4.23. The van der Waals surface area contributed by atoms with Crippen LogP contribution in [0.15, 0.2) is 12.7 Å². The molecule has 0 aliphatic rings. The van der Waals surface area contributed by atoms with Gasteiger partial charge in [0.2, 0.25) is 0 Å². The maximum atomic E-state index is 6.27. The van der Waals surface area contributed by atoms with Crippen molar-refractivity contribution in [3.8, 4) is 0 Å². The Bertz CT molecular complexity index is 228. The van der Waals surface area contributed by atoms with Gasteiger partial charge in [-0.3, -0.25) is 0 Å². The molecule has 0 rings (SSSR count). The molecule has 0 spiro atoms. The second-order valence-electron chi connectivity index (χ2n) is 6.92. The summed E-state index contributed by atoms with van der Waals surface area (Å²) in [6.07, 6.45) is 8.63. The molecule has 0 fully saturated rings. The van der Waals surface area contributed by atoms with Crippen molar-refractivity contribution < 1.29 is 4.43 Å². The minimum absolute atomic E-state index is 0.306. The molecule has 108 valence electrons. The fourth-order valence-electron chi connectivity index (χ4n) is 1.63. The minimum Gasteiger partial charge on any atom is -0.416 e. The summed E-state index contributed by atoms with van der Waals surface area (Å²) in [6.45, 7) is 18.6. The summed E-state index contributed by atoms with van der Waals surface area (Å²) in [5.74, 6) is 0.538. The maximum absolute atomic E-state index is 6.27. The van der Waals surface area contributed by atoms with Gasteiger partial charge in [0, 0.05) is 6.61 Å². The van der Waals surface area contributed by atoms with Gasteiger partial charge in [0.05, 0.1) is 0 Å². The summed E-state index contributed by atoms with van der Waals surface area (Å²) in [6, 6.07) is 0. The van der Waals surface area contributed by atoms with Gasteiger partial charge in [-0.2, -0.15) is 0 Å². The largest absolute Gasteiger partial charge is 0.416 e. The van der Waals surface area contributed by atoms with Crippen molar-refractivity contribution in [2.45, 2.75) is 77.9 Å². The van der Waals surface area contributed by atoms with Gasteiger partial charge in [-0.05, 0) is 30.5 Å². The van der Waals surface area contributed by atoms with Crippen molar-refractivity contribution in [1.82, 2.24) is 0 Å². The molecule has 0 saturated heterocycles. The molecule has 1 nitrogen and oxygen atoms in total. The van der Waals surface area contributed by atoms with Crippen molar-refractivity contribution in [2.24, 2.45) is 5.92 Å². The van der Waals surface area contributed by atoms with Gasteiger partial charge in [-0.25, -0.2) is 0 Å². The summed E-state index contributed by atoms with van der Waals surface area (Å²) < 4.78 is 6.27. The topological polar surface area (TPSA) is 9.23 Å². The molecule has 0 unspecified atom stereocenters. The van der Waals surface area contributed by atoms with Crippen molar-refractivity contribution in [3.05, 3.63) is 12.7 Å². The first-order valence-electron chi connectivity index (χ1n) is 7.51. The van der Waals surface area contributed by atoms with E-state index in [1.54, 1.807) is 0 Å². The highest BCUT2D eigenvalue weighted by molar-refractivity contribution is 6.74. The lowest BCUT2D eigenvalue weighted by molar-refractivity contribution is 0.243. The lowest BCUT2D eigenvalue weighted by atomic mass is 10.0. The molecule has 0 amide bonds. The lowest BCUT2D eigenvalue weighted by Crippen LogP contribution is -2.41. The molecule has 0 aromatic carbocycles. The van der Waals surface area contributed by atoms with Crippen LogP contribution in [0.2, 0.25) is 18.1 Å². The third-order valence-corrected chi connectivity index (χ3v) is 8.73. The van der Waals surface area contributed by atoms with E-state index in [1.165, 1.54) is 32.1 Å². The van der Waals surface area contributed by atoms with Crippen molar-refractivity contribution >= 4 is 8.32 Å².